The van der Waals surface area contributed by atoms with Crippen molar-refractivity contribution >= 4 is 11.9 Å². The van der Waals surface area contributed by atoms with Crippen LogP contribution in [0.5, 0.6) is 0 Å². The van der Waals surface area contributed by atoms with Crippen LogP contribution in [0.3, 0.4) is 0 Å². The SMILES string of the molecule is CC=C(C)C=C(C(=O)OC)C(=O)OC. The third-order valence-corrected chi connectivity index (χ3v) is 1.64. The maximum Gasteiger partial charge on any atom is 0.345 e. The zero-order valence-corrected chi connectivity index (χ0v) is 8.79. The molecule has 0 N–H and O–H groups in total. The van der Waals surface area contributed by atoms with Crippen LogP contribution in [0.25, 0.3) is 0 Å². The van der Waals surface area contributed by atoms with E-state index in [9.17, 15) is 9.59 Å². The average molecular weight is 198 g/mol. The van der Waals surface area contributed by atoms with Gasteiger partial charge in [-0.15, -0.1) is 0 Å². The van der Waals surface area contributed by atoms with Gasteiger partial charge in [0, 0.05) is 0 Å². The zero-order chi connectivity index (χ0) is 11.1. The van der Waals surface area contributed by atoms with Crippen molar-refractivity contribution in [3.05, 3.63) is 23.3 Å². The summed E-state index contributed by atoms with van der Waals surface area (Å²) < 4.78 is 8.89. The van der Waals surface area contributed by atoms with E-state index in [1.54, 1.807) is 19.9 Å². The van der Waals surface area contributed by atoms with Gasteiger partial charge in [-0.3, -0.25) is 0 Å². The maximum absolute atomic E-state index is 11.1. The molecule has 0 fully saturated rings. The second kappa shape index (κ2) is 5.96. The number of carbonyl (C=O) groups excluding carboxylic acids is 2. The Morgan fingerprint density at radius 3 is 1.79 bits per heavy atom. The second-order valence-electron chi connectivity index (χ2n) is 2.57. The molecule has 0 aromatic carbocycles. The van der Waals surface area contributed by atoms with Gasteiger partial charge >= 0.3 is 11.9 Å². The van der Waals surface area contributed by atoms with Crippen molar-refractivity contribution < 1.29 is 19.1 Å². The minimum absolute atomic E-state index is 0.106. The molecule has 0 amide bonds. The van der Waals surface area contributed by atoms with Crippen LogP contribution in [-0.2, 0) is 19.1 Å². The molecule has 0 radical (unpaired) electrons. The first-order chi connectivity index (χ1) is 6.56. The van der Waals surface area contributed by atoms with Gasteiger partial charge in [0.1, 0.15) is 5.57 Å². The summed E-state index contributed by atoms with van der Waals surface area (Å²) in [5.74, 6) is -1.39. The van der Waals surface area contributed by atoms with Gasteiger partial charge in [0.05, 0.1) is 14.2 Å². The van der Waals surface area contributed by atoms with Crippen molar-refractivity contribution in [1.29, 1.82) is 0 Å². The van der Waals surface area contributed by atoms with Crippen LogP contribution in [0, 0.1) is 0 Å². The smallest absolute Gasteiger partial charge is 0.345 e. The first kappa shape index (κ1) is 12.4. The molecule has 0 saturated carbocycles. The molecule has 0 aromatic heterocycles. The maximum atomic E-state index is 11.1. The fourth-order valence-corrected chi connectivity index (χ4v) is 0.732. The van der Waals surface area contributed by atoms with Gasteiger partial charge in [-0.1, -0.05) is 11.6 Å². The molecule has 0 atom stereocenters. The summed E-state index contributed by atoms with van der Waals surface area (Å²) in [4.78, 5) is 22.3. The van der Waals surface area contributed by atoms with Gasteiger partial charge in [-0.25, -0.2) is 9.59 Å². The van der Waals surface area contributed by atoms with Crippen LogP contribution in [0.15, 0.2) is 23.3 Å². The number of esters is 2. The summed E-state index contributed by atoms with van der Waals surface area (Å²) in [5.41, 5.74) is 0.682. The molecule has 4 nitrogen and oxygen atoms in total. The van der Waals surface area contributed by atoms with Gasteiger partial charge < -0.3 is 9.47 Å². The Kier molecular flexibility index (Phi) is 5.29. The molecule has 14 heavy (non-hydrogen) atoms. The lowest BCUT2D eigenvalue weighted by molar-refractivity contribution is -0.144. The molecule has 0 heterocycles. The van der Waals surface area contributed by atoms with E-state index < -0.39 is 11.9 Å². The van der Waals surface area contributed by atoms with Gasteiger partial charge in [0.25, 0.3) is 0 Å². The van der Waals surface area contributed by atoms with Gasteiger partial charge in [0.15, 0.2) is 0 Å². The number of hydrogen-bond acceptors (Lipinski definition) is 4. The lowest BCUT2D eigenvalue weighted by Crippen LogP contribution is -2.15. The Labute approximate surface area is 83.2 Å². The van der Waals surface area contributed by atoms with E-state index in [2.05, 4.69) is 9.47 Å². The van der Waals surface area contributed by atoms with Crippen LogP contribution < -0.4 is 0 Å². The number of ether oxygens (including phenoxy) is 2. The standard InChI is InChI=1S/C10H14O4/c1-5-7(2)6-8(9(11)13-3)10(12)14-4/h5-6H,1-4H3. The second-order valence-corrected chi connectivity index (χ2v) is 2.57. The Balaban J connectivity index is 5.00. The molecule has 0 unspecified atom stereocenters. The summed E-state index contributed by atoms with van der Waals surface area (Å²) in [6.07, 6.45) is 3.20. The Bertz CT molecular complexity index is 268. The van der Waals surface area contributed by atoms with Crippen LogP contribution in [0.1, 0.15) is 13.8 Å². The highest BCUT2D eigenvalue weighted by molar-refractivity contribution is 6.14. The fraction of sp³-hybridized carbons (Fsp3) is 0.400. The van der Waals surface area contributed by atoms with Crippen LogP contribution in [-0.4, -0.2) is 26.2 Å². The third-order valence-electron chi connectivity index (χ3n) is 1.64. The zero-order valence-electron chi connectivity index (χ0n) is 8.79. The van der Waals surface area contributed by atoms with Crippen LogP contribution in [0.2, 0.25) is 0 Å². The number of allylic oxidation sites excluding steroid dienone is 3. The summed E-state index contributed by atoms with van der Waals surface area (Å²) in [6.45, 7) is 3.57. The summed E-state index contributed by atoms with van der Waals surface area (Å²) >= 11 is 0. The van der Waals surface area contributed by atoms with E-state index in [4.69, 9.17) is 0 Å². The summed E-state index contributed by atoms with van der Waals surface area (Å²) in [6, 6.07) is 0. The molecule has 0 aliphatic rings. The molecule has 4 heteroatoms. The van der Waals surface area contributed by atoms with Crippen molar-refractivity contribution in [3.63, 3.8) is 0 Å². The van der Waals surface area contributed by atoms with E-state index in [0.717, 1.165) is 5.57 Å². The van der Waals surface area contributed by atoms with Gasteiger partial charge in [0.2, 0.25) is 0 Å². The monoisotopic (exact) mass is 198 g/mol. The van der Waals surface area contributed by atoms with E-state index in [-0.39, 0.29) is 5.57 Å². The van der Waals surface area contributed by atoms with E-state index >= 15 is 0 Å². The minimum atomic E-state index is -0.696. The van der Waals surface area contributed by atoms with E-state index in [1.807, 2.05) is 0 Å². The predicted octanol–water partition coefficient (Wildman–Crippen LogP) is 1.23. The van der Waals surface area contributed by atoms with E-state index in [0.29, 0.717) is 0 Å². The predicted molar refractivity (Wildman–Crippen MR) is 51.5 cm³/mol. The highest BCUT2D eigenvalue weighted by Gasteiger charge is 2.19. The van der Waals surface area contributed by atoms with Crippen LogP contribution in [0.4, 0.5) is 0 Å². The Morgan fingerprint density at radius 2 is 1.50 bits per heavy atom. The Hall–Kier alpha value is -1.58. The van der Waals surface area contributed by atoms with Crippen molar-refractivity contribution in [1.82, 2.24) is 0 Å². The number of methoxy groups -OCH3 is 2. The molecule has 0 spiro atoms. The number of rotatable bonds is 3. The van der Waals surface area contributed by atoms with Gasteiger partial charge in [-0.05, 0) is 19.9 Å². The molecule has 0 aliphatic heterocycles. The number of hydrogen-bond donors (Lipinski definition) is 0. The van der Waals surface area contributed by atoms with E-state index in [1.165, 1.54) is 20.3 Å². The molecule has 0 bridgehead atoms. The highest BCUT2D eigenvalue weighted by Crippen LogP contribution is 2.06. The molecular weight excluding hydrogens is 184 g/mol. The van der Waals surface area contributed by atoms with Crippen molar-refractivity contribution in [2.75, 3.05) is 14.2 Å². The fourth-order valence-electron chi connectivity index (χ4n) is 0.732. The summed E-state index contributed by atoms with van der Waals surface area (Å²) in [5, 5.41) is 0. The lowest BCUT2D eigenvalue weighted by atomic mass is 10.1. The normalized spacial score (nSPS) is 10.4. The quantitative estimate of drug-likeness (QED) is 0.225. The summed E-state index contributed by atoms with van der Waals surface area (Å²) in [7, 11) is 2.42. The molecule has 0 aromatic rings. The average Bonchev–Trinajstić information content (AvgIpc) is 2.23. The van der Waals surface area contributed by atoms with Crippen molar-refractivity contribution in [3.8, 4) is 0 Å². The number of carbonyl (C=O) groups is 2. The highest BCUT2D eigenvalue weighted by atomic mass is 16.5. The van der Waals surface area contributed by atoms with Crippen molar-refractivity contribution in [2.45, 2.75) is 13.8 Å². The Morgan fingerprint density at radius 1 is 1.07 bits per heavy atom. The first-order valence-electron chi connectivity index (χ1n) is 4.08. The molecule has 0 aliphatic carbocycles. The topological polar surface area (TPSA) is 52.6 Å². The van der Waals surface area contributed by atoms with Gasteiger partial charge in [-0.2, -0.15) is 0 Å². The minimum Gasteiger partial charge on any atom is -0.465 e. The molecular formula is C10H14O4. The molecule has 0 rings (SSSR count). The van der Waals surface area contributed by atoms with Crippen LogP contribution >= 0.6 is 0 Å². The largest absolute Gasteiger partial charge is 0.465 e. The lowest BCUT2D eigenvalue weighted by Gasteiger charge is -2.02. The first-order valence-corrected chi connectivity index (χ1v) is 4.08. The third kappa shape index (κ3) is 3.43. The molecule has 78 valence electrons. The molecule has 0 saturated heterocycles. The van der Waals surface area contributed by atoms with Crippen molar-refractivity contribution in [2.24, 2.45) is 0 Å².